The molecule has 3 aromatic rings. The monoisotopic (exact) mass is 502 g/mol. The number of nitrogens with two attached hydrogens (primary N) is 1. The van der Waals surface area contributed by atoms with Gasteiger partial charge in [-0.15, -0.1) is 0 Å². The summed E-state index contributed by atoms with van der Waals surface area (Å²) in [7, 11) is 1.61. The predicted molar refractivity (Wildman–Crippen MR) is 146 cm³/mol. The van der Waals surface area contributed by atoms with Crippen LogP contribution in [0.4, 0.5) is 15.9 Å². The van der Waals surface area contributed by atoms with E-state index < -0.39 is 0 Å². The van der Waals surface area contributed by atoms with Gasteiger partial charge in [0.15, 0.2) is 5.82 Å². The maximum Gasteiger partial charge on any atom is 0.225 e. The molecule has 194 valence electrons. The number of piperazine rings is 1. The van der Waals surface area contributed by atoms with Gasteiger partial charge in [0.2, 0.25) is 5.91 Å². The largest absolute Gasteiger partial charge is 0.396 e. The van der Waals surface area contributed by atoms with Crippen LogP contribution in [0.25, 0.3) is 22.3 Å². The van der Waals surface area contributed by atoms with Crippen LogP contribution in [0, 0.1) is 12.7 Å². The Balaban J connectivity index is 1.46. The number of amides is 1. The van der Waals surface area contributed by atoms with Crippen LogP contribution in [0.2, 0.25) is 0 Å². The van der Waals surface area contributed by atoms with Crippen LogP contribution in [0.1, 0.15) is 43.4 Å². The SMILES string of the molecule is COCCC(=O)N1CCN(c2nc(C3CC3)c(-c3ccc(-c4ccccc4)c(F)c3)c(C)c2N)C[C@H]1C. The normalized spacial score (nSPS) is 17.8. The summed E-state index contributed by atoms with van der Waals surface area (Å²) in [4.78, 5) is 21.8. The molecule has 1 aliphatic heterocycles. The Morgan fingerprint density at radius 3 is 2.54 bits per heavy atom. The number of anilines is 2. The molecule has 6 nitrogen and oxygen atoms in total. The lowest BCUT2D eigenvalue weighted by atomic mass is 9.93. The molecule has 0 bridgehead atoms. The first kappa shape index (κ1) is 25.2. The van der Waals surface area contributed by atoms with E-state index in [9.17, 15) is 4.79 Å². The molecule has 1 saturated heterocycles. The van der Waals surface area contributed by atoms with Crippen LogP contribution < -0.4 is 10.6 Å². The van der Waals surface area contributed by atoms with E-state index >= 15 is 4.39 Å². The maximum absolute atomic E-state index is 15.3. The number of rotatable bonds is 7. The fourth-order valence-corrected chi connectivity index (χ4v) is 5.36. The molecule has 1 amide bonds. The van der Waals surface area contributed by atoms with Crippen LogP contribution in [0.5, 0.6) is 0 Å². The van der Waals surface area contributed by atoms with Crippen molar-refractivity contribution in [3.05, 3.63) is 65.6 Å². The Hall–Kier alpha value is -3.45. The lowest BCUT2D eigenvalue weighted by molar-refractivity contribution is -0.134. The Labute approximate surface area is 218 Å². The van der Waals surface area contributed by atoms with Crippen molar-refractivity contribution in [2.24, 2.45) is 0 Å². The van der Waals surface area contributed by atoms with Crippen LogP contribution in [-0.2, 0) is 9.53 Å². The minimum atomic E-state index is -0.254. The number of carbonyl (C=O) groups is 1. The number of ether oxygens (including phenoxy) is 1. The maximum atomic E-state index is 15.3. The highest BCUT2D eigenvalue weighted by Crippen LogP contribution is 2.47. The summed E-state index contributed by atoms with van der Waals surface area (Å²) in [6, 6.07) is 15.1. The van der Waals surface area contributed by atoms with Gasteiger partial charge in [-0.2, -0.15) is 0 Å². The molecule has 7 heteroatoms. The summed E-state index contributed by atoms with van der Waals surface area (Å²) in [5, 5.41) is 0. The Morgan fingerprint density at radius 2 is 1.89 bits per heavy atom. The van der Waals surface area contributed by atoms with Crippen LogP contribution in [0.3, 0.4) is 0 Å². The standard InChI is InChI=1S/C30H35FN4O2/c1-19-18-34(14-15-35(19)26(36)13-16-37-3)30-28(32)20(2)27(29(33-30)22-9-10-22)23-11-12-24(25(31)17-23)21-7-5-4-6-8-21/h4-8,11-12,17,19,22H,9-10,13-16,18,32H2,1-3H3/t19-/m1/s1. The van der Waals surface area contributed by atoms with Gasteiger partial charge in [-0.05, 0) is 49.4 Å². The topological polar surface area (TPSA) is 71.7 Å². The molecule has 0 unspecified atom stereocenters. The summed E-state index contributed by atoms with van der Waals surface area (Å²) in [6.45, 7) is 6.46. The van der Waals surface area contributed by atoms with Crippen LogP contribution in [-0.4, -0.2) is 55.2 Å². The average molecular weight is 503 g/mol. The number of nitrogen functional groups attached to an aromatic ring is 1. The molecule has 2 aromatic carbocycles. The number of hydrogen-bond donors (Lipinski definition) is 1. The third-order valence-corrected chi connectivity index (χ3v) is 7.58. The Bertz CT molecular complexity index is 1290. The first-order valence-corrected chi connectivity index (χ1v) is 13.1. The van der Waals surface area contributed by atoms with Gasteiger partial charge in [0.05, 0.1) is 24.4 Å². The van der Waals surface area contributed by atoms with Crippen molar-refractivity contribution < 1.29 is 13.9 Å². The average Bonchev–Trinajstić information content (AvgIpc) is 3.74. The summed E-state index contributed by atoms with van der Waals surface area (Å²) in [6.07, 6.45) is 2.54. The van der Waals surface area contributed by atoms with E-state index in [1.807, 2.05) is 54.3 Å². The number of hydrogen-bond acceptors (Lipinski definition) is 5. The Kier molecular flexibility index (Phi) is 7.15. The fraction of sp³-hybridized carbons (Fsp3) is 0.400. The van der Waals surface area contributed by atoms with E-state index in [0.717, 1.165) is 46.6 Å². The molecule has 1 atom stereocenters. The minimum Gasteiger partial charge on any atom is -0.396 e. The number of methoxy groups -OCH3 is 1. The molecule has 0 radical (unpaired) electrons. The van der Waals surface area contributed by atoms with Crippen molar-refractivity contribution in [1.29, 1.82) is 0 Å². The van der Waals surface area contributed by atoms with Crippen LogP contribution in [0.15, 0.2) is 48.5 Å². The second kappa shape index (κ2) is 10.5. The van der Waals surface area contributed by atoms with Gasteiger partial charge in [-0.3, -0.25) is 4.79 Å². The zero-order chi connectivity index (χ0) is 26.1. The second-order valence-electron chi connectivity index (χ2n) is 10.2. The number of aromatic nitrogens is 1. The number of halogens is 1. The third-order valence-electron chi connectivity index (χ3n) is 7.58. The van der Waals surface area contributed by atoms with Gasteiger partial charge in [-0.1, -0.05) is 42.5 Å². The minimum absolute atomic E-state index is 0.0447. The van der Waals surface area contributed by atoms with Crippen molar-refractivity contribution in [3.8, 4) is 22.3 Å². The van der Waals surface area contributed by atoms with E-state index in [-0.39, 0.29) is 17.8 Å². The number of carbonyl (C=O) groups excluding carboxylic acids is 1. The smallest absolute Gasteiger partial charge is 0.225 e. The molecule has 2 heterocycles. The van der Waals surface area contributed by atoms with E-state index in [4.69, 9.17) is 15.5 Å². The van der Waals surface area contributed by atoms with Gasteiger partial charge in [0.25, 0.3) is 0 Å². The molecule has 1 aliphatic carbocycles. The lowest BCUT2D eigenvalue weighted by Crippen LogP contribution is -2.54. The highest BCUT2D eigenvalue weighted by atomic mass is 19.1. The first-order valence-electron chi connectivity index (χ1n) is 13.1. The molecule has 2 aliphatic rings. The number of pyridine rings is 1. The van der Waals surface area contributed by atoms with Gasteiger partial charge in [0.1, 0.15) is 5.82 Å². The quantitative estimate of drug-likeness (QED) is 0.469. The molecule has 1 aromatic heterocycles. The molecule has 1 saturated carbocycles. The molecule has 5 rings (SSSR count). The second-order valence-corrected chi connectivity index (χ2v) is 10.2. The summed E-state index contributed by atoms with van der Waals surface area (Å²) < 4.78 is 20.4. The fourth-order valence-electron chi connectivity index (χ4n) is 5.36. The molecule has 2 N–H and O–H groups in total. The van der Waals surface area contributed by atoms with Crippen molar-refractivity contribution in [3.63, 3.8) is 0 Å². The highest BCUT2D eigenvalue weighted by molar-refractivity contribution is 5.83. The molecular weight excluding hydrogens is 467 g/mol. The summed E-state index contributed by atoms with van der Waals surface area (Å²) in [5.74, 6) is 0.997. The Morgan fingerprint density at radius 1 is 1.14 bits per heavy atom. The molecule has 2 fully saturated rings. The van der Waals surface area contributed by atoms with Crippen molar-refractivity contribution in [2.45, 2.75) is 45.1 Å². The molecular formula is C30H35FN4O2. The summed E-state index contributed by atoms with van der Waals surface area (Å²) in [5.41, 5.74) is 12.5. The van der Waals surface area contributed by atoms with Crippen LogP contribution >= 0.6 is 0 Å². The zero-order valence-electron chi connectivity index (χ0n) is 21.8. The molecule has 37 heavy (non-hydrogen) atoms. The zero-order valence-corrected chi connectivity index (χ0v) is 21.8. The first-order chi connectivity index (χ1) is 17.9. The van der Waals surface area contributed by atoms with Crippen molar-refractivity contribution in [2.75, 3.05) is 44.0 Å². The summed E-state index contributed by atoms with van der Waals surface area (Å²) >= 11 is 0. The van der Waals surface area contributed by atoms with Gasteiger partial charge in [-0.25, -0.2) is 9.37 Å². The lowest BCUT2D eigenvalue weighted by Gasteiger charge is -2.41. The number of benzene rings is 2. The van der Waals surface area contributed by atoms with E-state index in [1.54, 1.807) is 13.2 Å². The van der Waals surface area contributed by atoms with E-state index in [2.05, 4.69) is 11.8 Å². The van der Waals surface area contributed by atoms with E-state index in [0.29, 0.717) is 49.8 Å². The van der Waals surface area contributed by atoms with Gasteiger partial charge in [0, 0.05) is 49.8 Å². The predicted octanol–water partition coefficient (Wildman–Crippen LogP) is 5.40. The third kappa shape index (κ3) is 5.05. The van der Waals surface area contributed by atoms with Gasteiger partial charge < -0.3 is 20.3 Å². The van der Waals surface area contributed by atoms with Gasteiger partial charge >= 0.3 is 0 Å². The van der Waals surface area contributed by atoms with E-state index in [1.165, 1.54) is 0 Å². The van der Waals surface area contributed by atoms with Crippen molar-refractivity contribution >= 4 is 17.4 Å². The number of nitrogens with zero attached hydrogens (tertiary/aromatic N) is 3. The van der Waals surface area contributed by atoms with Crippen molar-refractivity contribution in [1.82, 2.24) is 9.88 Å². The highest BCUT2D eigenvalue weighted by Gasteiger charge is 2.34. The molecule has 0 spiro atoms.